The van der Waals surface area contributed by atoms with Crippen LogP contribution in [-0.4, -0.2) is 25.6 Å². The lowest BCUT2D eigenvalue weighted by atomic mass is 10.1. The van der Waals surface area contributed by atoms with Gasteiger partial charge in [-0.1, -0.05) is 19.1 Å². The summed E-state index contributed by atoms with van der Waals surface area (Å²) >= 11 is 8.62. The third-order valence-corrected chi connectivity index (χ3v) is 4.33. The van der Waals surface area contributed by atoms with E-state index in [9.17, 15) is 4.79 Å². The number of carbonyl (C=O) groups is 1. The Bertz CT molecular complexity index is 553. The maximum absolute atomic E-state index is 11.7. The number of thiol groups is 2. The average Bonchev–Trinajstić information content (AvgIpc) is 2.61. The van der Waals surface area contributed by atoms with Gasteiger partial charge >= 0.3 is 0 Å². The second-order valence-electron chi connectivity index (χ2n) is 5.71. The predicted octanol–water partition coefficient (Wildman–Crippen LogP) is 2.62. The minimum absolute atomic E-state index is 0.0567. The maximum atomic E-state index is 11.7. The fraction of sp³-hybridized carbons (Fsp3) is 0.500. The highest BCUT2D eigenvalue weighted by Gasteiger charge is 2.04. The quantitative estimate of drug-likeness (QED) is 0.268. The van der Waals surface area contributed by atoms with Crippen LogP contribution >= 0.6 is 25.3 Å². The Morgan fingerprint density at radius 1 is 1.08 bits per heavy atom. The molecule has 0 heterocycles. The van der Waals surface area contributed by atoms with Crippen molar-refractivity contribution in [1.82, 2.24) is 10.6 Å². The highest BCUT2D eigenvalue weighted by Crippen LogP contribution is 2.20. The van der Waals surface area contributed by atoms with Gasteiger partial charge in [-0.25, -0.2) is 0 Å². The van der Waals surface area contributed by atoms with Crippen LogP contribution in [0.25, 0.3) is 0 Å². The maximum Gasteiger partial charge on any atom is 0.220 e. The summed E-state index contributed by atoms with van der Waals surface area (Å²) in [6.07, 6.45) is 3.35. The van der Waals surface area contributed by atoms with E-state index < -0.39 is 0 Å². The first-order valence-electron chi connectivity index (χ1n) is 8.48. The second-order valence-corrected chi connectivity index (χ2v) is 6.34. The zero-order valence-electron chi connectivity index (χ0n) is 14.6. The van der Waals surface area contributed by atoms with Gasteiger partial charge in [0.1, 0.15) is 12.4 Å². The van der Waals surface area contributed by atoms with Crippen molar-refractivity contribution >= 4 is 31.2 Å². The molecule has 0 aliphatic carbocycles. The summed E-state index contributed by atoms with van der Waals surface area (Å²) in [5, 5.41) is 5.84. The molecule has 0 radical (unpaired) electrons. The van der Waals surface area contributed by atoms with Crippen molar-refractivity contribution < 1.29 is 9.53 Å². The fourth-order valence-corrected chi connectivity index (χ4v) is 2.88. The summed E-state index contributed by atoms with van der Waals surface area (Å²) in [5.41, 5.74) is 7.68. The number of hydrogen-bond acceptors (Lipinski definition) is 6. The zero-order chi connectivity index (χ0) is 18.5. The van der Waals surface area contributed by atoms with Gasteiger partial charge < -0.3 is 21.1 Å². The molecule has 0 fully saturated rings. The summed E-state index contributed by atoms with van der Waals surface area (Å²) in [6.45, 7) is 5.31. The number of nitrogens with two attached hydrogens (primary N) is 1. The van der Waals surface area contributed by atoms with Crippen LogP contribution in [0.4, 0.5) is 0 Å². The number of ether oxygens (including phenoxy) is 1. The molecule has 0 spiro atoms. The zero-order valence-corrected chi connectivity index (χ0v) is 16.4. The van der Waals surface area contributed by atoms with E-state index in [-0.39, 0.29) is 5.91 Å². The number of nitrogens with one attached hydrogen (secondary N) is 2. The molecule has 0 bridgehead atoms. The van der Waals surface area contributed by atoms with E-state index >= 15 is 0 Å². The molecule has 0 atom stereocenters. The van der Waals surface area contributed by atoms with Crippen molar-refractivity contribution in [3.63, 3.8) is 0 Å². The van der Waals surface area contributed by atoms with E-state index in [0.717, 1.165) is 42.7 Å². The molecule has 5 nitrogen and oxygen atoms in total. The first kappa shape index (κ1) is 21.6. The smallest absolute Gasteiger partial charge is 0.220 e. The Balaban J connectivity index is 2.12. The monoisotopic (exact) mass is 383 g/mol. The van der Waals surface area contributed by atoms with Crippen molar-refractivity contribution in [2.75, 3.05) is 19.7 Å². The van der Waals surface area contributed by atoms with E-state index in [2.05, 4.69) is 42.5 Å². The van der Waals surface area contributed by atoms with Gasteiger partial charge in [-0.2, -0.15) is 25.3 Å². The number of unbranched alkanes of at least 4 members (excludes halogenated alkanes) is 2. The molecular formula is C18H29N3O2S2. The number of amides is 1. The Kier molecular flexibility index (Phi) is 11.1. The molecule has 1 aromatic rings. The lowest BCUT2D eigenvalue weighted by Gasteiger charge is -2.11. The first-order chi connectivity index (χ1) is 12.1. The summed E-state index contributed by atoms with van der Waals surface area (Å²) < 4.78 is 5.68. The molecule has 0 aliphatic rings. The van der Waals surface area contributed by atoms with Crippen LogP contribution in [0, 0.1) is 0 Å². The summed E-state index contributed by atoms with van der Waals surface area (Å²) in [6, 6.07) is 5.90. The lowest BCUT2D eigenvalue weighted by molar-refractivity contribution is -0.121. The molecule has 7 heteroatoms. The third kappa shape index (κ3) is 9.55. The van der Waals surface area contributed by atoms with Crippen LogP contribution in [0.1, 0.15) is 36.8 Å². The topological polar surface area (TPSA) is 76.4 Å². The van der Waals surface area contributed by atoms with Crippen LogP contribution in [0.15, 0.2) is 30.6 Å². The van der Waals surface area contributed by atoms with Crippen molar-refractivity contribution in [3.05, 3.63) is 41.7 Å². The molecule has 1 aromatic carbocycles. The van der Waals surface area contributed by atoms with E-state index in [1.807, 2.05) is 18.2 Å². The van der Waals surface area contributed by atoms with Crippen LogP contribution in [0.5, 0.6) is 5.75 Å². The van der Waals surface area contributed by atoms with E-state index in [4.69, 9.17) is 10.5 Å². The normalized spacial score (nSPS) is 10.3. The number of rotatable bonds is 13. The molecule has 0 aromatic heterocycles. The Morgan fingerprint density at radius 2 is 1.84 bits per heavy atom. The van der Waals surface area contributed by atoms with Crippen molar-refractivity contribution in [2.45, 2.75) is 37.2 Å². The Labute approximate surface area is 161 Å². The molecule has 0 saturated carbocycles. The summed E-state index contributed by atoms with van der Waals surface area (Å²) in [4.78, 5) is 11.7. The van der Waals surface area contributed by atoms with Gasteiger partial charge in [0.2, 0.25) is 5.91 Å². The summed E-state index contributed by atoms with van der Waals surface area (Å²) in [5.74, 6) is 2.67. The standard InChI is InChI=1S/C18H29N3O2S2/c1-14(19)20-8-4-2-3-5-18(22)21-9-10-23-17-7-6-15(12-24)16(11-17)13-25/h6-7,11,20,24-25H,1-5,8-10,12-13,19H2,(H,21,22). The van der Waals surface area contributed by atoms with Crippen LogP contribution in [0.3, 0.4) is 0 Å². The lowest BCUT2D eigenvalue weighted by Crippen LogP contribution is -2.27. The van der Waals surface area contributed by atoms with Gasteiger partial charge in [0.05, 0.1) is 12.4 Å². The SMILES string of the molecule is C=C(N)NCCCCCC(=O)NCCOc1ccc(CS)c(CS)c1. The van der Waals surface area contributed by atoms with Crippen LogP contribution < -0.4 is 21.1 Å². The van der Waals surface area contributed by atoms with Gasteiger partial charge in [0.25, 0.3) is 0 Å². The highest BCUT2D eigenvalue weighted by molar-refractivity contribution is 7.79. The minimum Gasteiger partial charge on any atom is -0.492 e. The number of hydrogen-bond donors (Lipinski definition) is 5. The van der Waals surface area contributed by atoms with Crippen molar-refractivity contribution in [1.29, 1.82) is 0 Å². The van der Waals surface area contributed by atoms with Crippen LogP contribution in [-0.2, 0) is 16.3 Å². The minimum atomic E-state index is 0.0567. The molecule has 1 amide bonds. The van der Waals surface area contributed by atoms with E-state index in [1.165, 1.54) is 0 Å². The predicted molar refractivity (Wildman–Crippen MR) is 110 cm³/mol. The largest absolute Gasteiger partial charge is 0.492 e. The first-order valence-corrected chi connectivity index (χ1v) is 9.74. The summed E-state index contributed by atoms with van der Waals surface area (Å²) in [7, 11) is 0. The molecule has 140 valence electrons. The Hall–Kier alpha value is -1.47. The molecule has 0 unspecified atom stereocenters. The Morgan fingerprint density at radius 3 is 2.52 bits per heavy atom. The van der Waals surface area contributed by atoms with Crippen molar-refractivity contribution in [3.8, 4) is 5.75 Å². The highest BCUT2D eigenvalue weighted by atomic mass is 32.1. The molecule has 25 heavy (non-hydrogen) atoms. The van der Waals surface area contributed by atoms with Crippen molar-refractivity contribution in [2.24, 2.45) is 5.73 Å². The van der Waals surface area contributed by atoms with Gasteiger partial charge in [-0.3, -0.25) is 4.79 Å². The van der Waals surface area contributed by atoms with Gasteiger partial charge in [0, 0.05) is 24.5 Å². The molecule has 4 N–H and O–H groups in total. The average molecular weight is 384 g/mol. The van der Waals surface area contributed by atoms with Gasteiger partial charge in [0.15, 0.2) is 0 Å². The van der Waals surface area contributed by atoms with Gasteiger partial charge in [-0.05, 0) is 36.1 Å². The molecule has 0 aliphatic heterocycles. The molecule has 1 rings (SSSR count). The molecule has 0 saturated heterocycles. The third-order valence-electron chi connectivity index (χ3n) is 3.64. The number of carbonyl (C=O) groups excluding carboxylic acids is 1. The second kappa shape index (κ2) is 12.8. The molecular weight excluding hydrogens is 354 g/mol. The van der Waals surface area contributed by atoms with E-state index in [1.54, 1.807) is 0 Å². The van der Waals surface area contributed by atoms with Crippen LogP contribution in [0.2, 0.25) is 0 Å². The number of benzene rings is 1. The van der Waals surface area contributed by atoms with Gasteiger partial charge in [-0.15, -0.1) is 0 Å². The fourth-order valence-electron chi connectivity index (χ4n) is 2.28. The van der Waals surface area contributed by atoms with E-state index in [0.29, 0.717) is 36.9 Å².